The maximum absolute atomic E-state index is 13.3. The zero-order valence-electron chi connectivity index (χ0n) is 17.9. The summed E-state index contributed by atoms with van der Waals surface area (Å²) in [5, 5.41) is 9.40. The molecule has 2 aromatic heterocycles. The molecule has 0 unspecified atom stereocenters. The van der Waals surface area contributed by atoms with Gasteiger partial charge in [-0.1, -0.05) is 0 Å². The highest BCUT2D eigenvalue weighted by atomic mass is 19.4. The van der Waals surface area contributed by atoms with E-state index in [-0.39, 0.29) is 17.4 Å². The van der Waals surface area contributed by atoms with Crippen molar-refractivity contribution < 1.29 is 27.0 Å². The number of ether oxygens (including phenoxy) is 2. The Morgan fingerprint density at radius 1 is 1.21 bits per heavy atom. The van der Waals surface area contributed by atoms with Crippen LogP contribution in [0.2, 0.25) is 0 Å². The number of benzene rings is 1. The SMILES string of the molecule is Cc1cc(-c2nc(-c3ccc(OC(F)(F)F)c(C#N)c3)n3c2CCO[C@H](C)C3)cc(CF)n1. The van der Waals surface area contributed by atoms with Crippen LogP contribution in [0, 0.1) is 18.3 Å². The standard InChI is InChI=1S/C23H20F4N4O2/c1-13-7-16(9-18(10-24)29-13)21-19-5-6-32-14(2)12-31(19)22(30-21)15-3-4-20(17(8-15)11-28)33-23(25,26)27/h3-4,7-9,14H,5-6,10,12H2,1-2H3/t14-/m1/s1. The molecule has 0 N–H and O–H groups in total. The molecule has 0 spiro atoms. The van der Waals surface area contributed by atoms with Gasteiger partial charge in [0.05, 0.1) is 36.2 Å². The van der Waals surface area contributed by atoms with Gasteiger partial charge in [0.25, 0.3) is 0 Å². The molecule has 1 atom stereocenters. The maximum atomic E-state index is 13.3. The molecule has 0 aliphatic carbocycles. The summed E-state index contributed by atoms with van der Waals surface area (Å²) < 4.78 is 63.1. The minimum absolute atomic E-state index is 0.129. The highest BCUT2D eigenvalue weighted by Gasteiger charge is 2.32. The summed E-state index contributed by atoms with van der Waals surface area (Å²) >= 11 is 0. The lowest BCUT2D eigenvalue weighted by molar-refractivity contribution is -0.274. The Labute approximate surface area is 187 Å². The van der Waals surface area contributed by atoms with E-state index in [4.69, 9.17) is 9.72 Å². The van der Waals surface area contributed by atoms with E-state index in [0.717, 1.165) is 11.8 Å². The molecule has 0 bridgehead atoms. The number of imidazole rings is 1. The van der Waals surface area contributed by atoms with Crippen molar-refractivity contribution in [3.8, 4) is 34.5 Å². The molecule has 33 heavy (non-hydrogen) atoms. The van der Waals surface area contributed by atoms with Gasteiger partial charge in [-0.25, -0.2) is 9.37 Å². The molecule has 1 aliphatic rings. The predicted octanol–water partition coefficient (Wildman–Crippen LogP) is 5.12. The molecule has 0 radical (unpaired) electrons. The van der Waals surface area contributed by atoms with Crippen LogP contribution in [0.4, 0.5) is 17.6 Å². The molecule has 4 rings (SSSR count). The Hall–Kier alpha value is -3.45. The fourth-order valence-electron chi connectivity index (χ4n) is 3.97. The zero-order chi connectivity index (χ0) is 23.8. The van der Waals surface area contributed by atoms with Gasteiger partial charge < -0.3 is 14.0 Å². The maximum Gasteiger partial charge on any atom is 0.573 e. The number of fused-ring (bicyclic) bond motifs is 1. The van der Waals surface area contributed by atoms with E-state index in [1.54, 1.807) is 19.1 Å². The highest BCUT2D eigenvalue weighted by molar-refractivity contribution is 5.70. The molecule has 1 aromatic carbocycles. The molecule has 1 aliphatic heterocycles. The number of nitrogens with zero attached hydrogens (tertiary/aromatic N) is 4. The molecule has 10 heteroatoms. The van der Waals surface area contributed by atoms with Gasteiger partial charge >= 0.3 is 6.36 Å². The Balaban J connectivity index is 1.88. The van der Waals surface area contributed by atoms with Crippen molar-refractivity contribution in [2.45, 2.75) is 46.0 Å². The number of hydrogen-bond donors (Lipinski definition) is 0. The topological polar surface area (TPSA) is 73.0 Å². The number of pyridine rings is 1. The lowest BCUT2D eigenvalue weighted by Gasteiger charge is -2.14. The Kier molecular flexibility index (Phi) is 6.08. The van der Waals surface area contributed by atoms with Crippen LogP contribution in [0.25, 0.3) is 22.6 Å². The molecular weight excluding hydrogens is 440 g/mol. The van der Waals surface area contributed by atoms with Crippen LogP contribution in [0.1, 0.15) is 29.6 Å². The van der Waals surface area contributed by atoms with Gasteiger partial charge in [-0.05, 0) is 44.2 Å². The van der Waals surface area contributed by atoms with Gasteiger partial charge in [-0.2, -0.15) is 5.26 Å². The monoisotopic (exact) mass is 460 g/mol. The van der Waals surface area contributed by atoms with E-state index in [9.17, 15) is 22.8 Å². The van der Waals surface area contributed by atoms with Gasteiger partial charge in [0.2, 0.25) is 0 Å². The molecule has 3 heterocycles. The number of alkyl halides is 4. The van der Waals surface area contributed by atoms with Gasteiger partial charge in [0, 0.05) is 28.9 Å². The number of rotatable bonds is 4. The number of aryl methyl sites for hydroxylation is 1. The van der Waals surface area contributed by atoms with Gasteiger partial charge in [-0.15, -0.1) is 13.2 Å². The number of hydrogen-bond acceptors (Lipinski definition) is 5. The van der Waals surface area contributed by atoms with Gasteiger partial charge in [-0.3, -0.25) is 4.98 Å². The van der Waals surface area contributed by atoms with E-state index >= 15 is 0 Å². The lowest BCUT2D eigenvalue weighted by Crippen LogP contribution is -2.18. The van der Waals surface area contributed by atoms with Gasteiger partial charge in [0.1, 0.15) is 24.3 Å². The van der Waals surface area contributed by atoms with Crippen molar-refractivity contribution in [1.29, 1.82) is 5.26 Å². The van der Waals surface area contributed by atoms with Crippen LogP contribution in [0.3, 0.4) is 0 Å². The second-order valence-electron chi connectivity index (χ2n) is 7.77. The van der Waals surface area contributed by atoms with Crippen molar-refractivity contribution in [3.63, 3.8) is 0 Å². The zero-order valence-corrected chi connectivity index (χ0v) is 17.9. The summed E-state index contributed by atoms with van der Waals surface area (Å²) in [5.74, 6) is -0.102. The van der Waals surface area contributed by atoms with Crippen LogP contribution in [-0.4, -0.2) is 33.6 Å². The average Bonchev–Trinajstić information content (AvgIpc) is 2.99. The van der Waals surface area contributed by atoms with Crippen LogP contribution in [-0.2, 0) is 24.4 Å². The van der Waals surface area contributed by atoms with Crippen molar-refractivity contribution >= 4 is 0 Å². The van der Waals surface area contributed by atoms with E-state index in [1.165, 1.54) is 12.1 Å². The van der Waals surface area contributed by atoms with Crippen LogP contribution < -0.4 is 4.74 Å². The first-order valence-electron chi connectivity index (χ1n) is 10.2. The normalized spacial score (nSPS) is 16.1. The Morgan fingerprint density at radius 2 is 2.00 bits per heavy atom. The quantitative estimate of drug-likeness (QED) is 0.506. The first-order valence-corrected chi connectivity index (χ1v) is 10.2. The van der Waals surface area contributed by atoms with Crippen LogP contribution in [0.15, 0.2) is 30.3 Å². The first-order chi connectivity index (χ1) is 15.7. The third-order valence-corrected chi connectivity index (χ3v) is 5.25. The molecule has 0 saturated carbocycles. The van der Waals surface area contributed by atoms with E-state index in [2.05, 4.69) is 9.72 Å². The molecule has 3 aromatic rings. The molecule has 0 saturated heterocycles. The largest absolute Gasteiger partial charge is 0.573 e. The third-order valence-electron chi connectivity index (χ3n) is 5.25. The Bertz CT molecular complexity index is 1230. The summed E-state index contributed by atoms with van der Waals surface area (Å²) in [6, 6.07) is 9.06. The predicted molar refractivity (Wildman–Crippen MR) is 111 cm³/mol. The number of nitriles is 1. The molecule has 172 valence electrons. The van der Waals surface area contributed by atoms with Crippen LogP contribution >= 0.6 is 0 Å². The van der Waals surface area contributed by atoms with Crippen molar-refractivity contribution in [2.24, 2.45) is 0 Å². The summed E-state index contributed by atoms with van der Waals surface area (Å²) in [7, 11) is 0. The molecule has 6 nitrogen and oxygen atoms in total. The van der Waals surface area contributed by atoms with Gasteiger partial charge in [0.15, 0.2) is 0 Å². The summed E-state index contributed by atoms with van der Waals surface area (Å²) in [6.07, 6.45) is -4.50. The Morgan fingerprint density at radius 3 is 2.70 bits per heavy atom. The second kappa shape index (κ2) is 8.83. The summed E-state index contributed by atoms with van der Waals surface area (Å²) in [4.78, 5) is 8.96. The minimum Gasteiger partial charge on any atom is -0.404 e. The molecular formula is C23H20F4N4O2. The van der Waals surface area contributed by atoms with E-state index < -0.39 is 18.8 Å². The fraction of sp³-hybridized carbons (Fsp3) is 0.348. The minimum atomic E-state index is -4.91. The average molecular weight is 460 g/mol. The number of aromatic nitrogens is 3. The van der Waals surface area contributed by atoms with Crippen molar-refractivity contribution in [2.75, 3.05) is 6.61 Å². The van der Waals surface area contributed by atoms with Crippen molar-refractivity contribution in [3.05, 3.63) is 53.0 Å². The van der Waals surface area contributed by atoms with Crippen molar-refractivity contribution in [1.82, 2.24) is 14.5 Å². The lowest BCUT2D eigenvalue weighted by atomic mass is 10.1. The highest BCUT2D eigenvalue weighted by Crippen LogP contribution is 2.35. The molecule has 0 fully saturated rings. The fourth-order valence-corrected chi connectivity index (χ4v) is 3.97. The third kappa shape index (κ3) is 4.83. The molecule has 0 amide bonds. The second-order valence-corrected chi connectivity index (χ2v) is 7.77. The van der Waals surface area contributed by atoms with Crippen LogP contribution in [0.5, 0.6) is 5.75 Å². The summed E-state index contributed by atoms with van der Waals surface area (Å²) in [5.41, 5.74) is 3.29. The summed E-state index contributed by atoms with van der Waals surface area (Å²) in [6.45, 7) is 3.88. The first kappa shape index (κ1) is 22.7. The van der Waals surface area contributed by atoms with E-state index in [1.807, 2.05) is 17.6 Å². The number of halogens is 4. The smallest absolute Gasteiger partial charge is 0.404 e. The van der Waals surface area contributed by atoms with E-state index in [0.29, 0.717) is 47.9 Å².